The number of halogens is 1. The maximum atomic E-state index is 12.2. The number of nitrogens with one attached hydrogen (secondary N) is 1. The minimum Gasteiger partial charge on any atom is -0.388 e. The third-order valence-electron chi connectivity index (χ3n) is 3.80. The van der Waals surface area contributed by atoms with Gasteiger partial charge in [-0.3, -0.25) is 4.79 Å². The molecule has 1 fully saturated rings. The quantitative estimate of drug-likeness (QED) is 0.892. The fourth-order valence-corrected chi connectivity index (χ4v) is 3.11. The largest absolute Gasteiger partial charge is 0.388 e. The summed E-state index contributed by atoms with van der Waals surface area (Å²) in [6, 6.07) is 1.81. The average Bonchev–Trinajstić information content (AvgIpc) is 2.78. The monoisotopic (exact) mass is 328 g/mol. The molecule has 1 aromatic heterocycles. The summed E-state index contributed by atoms with van der Waals surface area (Å²) < 4.78 is 2.79. The molecule has 2 N–H and O–H groups in total. The van der Waals surface area contributed by atoms with Gasteiger partial charge in [0.1, 0.15) is 5.69 Å². The molecule has 0 aliphatic heterocycles. The Morgan fingerprint density at radius 1 is 1.47 bits per heavy atom. The number of aliphatic hydroxyl groups is 1. The lowest BCUT2D eigenvalue weighted by atomic mass is 9.85. The minimum atomic E-state index is -0.714. The summed E-state index contributed by atoms with van der Waals surface area (Å²) in [7, 11) is 0. The zero-order valence-corrected chi connectivity index (χ0v) is 12.9. The summed E-state index contributed by atoms with van der Waals surface area (Å²) in [6.07, 6.45) is 6.73. The van der Waals surface area contributed by atoms with Crippen molar-refractivity contribution in [2.75, 3.05) is 6.54 Å². The topological polar surface area (TPSA) is 54.3 Å². The van der Waals surface area contributed by atoms with Crippen molar-refractivity contribution in [2.24, 2.45) is 0 Å². The zero-order valence-electron chi connectivity index (χ0n) is 11.3. The summed E-state index contributed by atoms with van der Waals surface area (Å²) in [4.78, 5) is 12.2. The highest BCUT2D eigenvalue weighted by atomic mass is 79.9. The Bertz CT molecular complexity index is 450. The van der Waals surface area contributed by atoms with Gasteiger partial charge in [-0.25, -0.2) is 0 Å². The van der Waals surface area contributed by atoms with Crippen molar-refractivity contribution in [1.29, 1.82) is 0 Å². The van der Waals surface area contributed by atoms with Crippen LogP contribution >= 0.6 is 15.9 Å². The van der Waals surface area contributed by atoms with Gasteiger partial charge in [0.2, 0.25) is 0 Å². The molecule has 2 rings (SSSR count). The number of hydrogen-bond acceptors (Lipinski definition) is 2. The lowest BCUT2D eigenvalue weighted by Crippen LogP contribution is -2.44. The van der Waals surface area contributed by atoms with Crippen LogP contribution in [0.1, 0.15) is 49.5 Å². The molecule has 1 saturated carbocycles. The van der Waals surface area contributed by atoms with E-state index < -0.39 is 5.60 Å². The van der Waals surface area contributed by atoms with E-state index in [9.17, 15) is 9.90 Å². The molecule has 0 saturated heterocycles. The Hall–Kier alpha value is -0.810. The molecule has 0 unspecified atom stereocenters. The first-order chi connectivity index (χ1) is 9.04. The van der Waals surface area contributed by atoms with Gasteiger partial charge in [-0.1, -0.05) is 19.3 Å². The van der Waals surface area contributed by atoms with Crippen molar-refractivity contribution in [1.82, 2.24) is 9.88 Å². The van der Waals surface area contributed by atoms with Crippen LogP contribution in [0, 0.1) is 0 Å². The maximum absolute atomic E-state index is 12.2. The molecule has 4 nitrogen and oxygen atoms in total. The van der Waals surface area contributed by atoms with E-state index in [4.69, 9.17) is 0 Å². The van der Waals surface area contributed by atoms with Gasteiger partial charge in [0, 0.05) is 23.8 Å². The molecule has 5 heteroatoms. The predicted molar refractivity (Wildman–Crippen MR) is 78.2 cm³/mol. The first kappa shape index (κ1) is 14.6. The number of carbonyl (C=O) groups excluding carboxylic acids is 1. The summed E-state index contributed by atoms with van der Waals surface area (Å²) in [5, 5.41) is 13.2. The van der Waals surface area contributed by atoms with Gasteiger partial charge in [0.25, 0.3) is 5.91 Å². The van der Waals surface area contributed by atoms with Crippen molar-refractivity contribution in [3.63, 3.8) is 0 Å². The Morgan fingerprint density at radius 2 is 2.16 bits per heavy atom. The van der Waals surface area contributed by atoms with Crippen molar-refractivity contribution >= 4 is 21.8 Å². The van der Waals surface area contributed by atoms with Crippen molar-refractivity contribution in [3.8, 4) is 0 Å². The van der Waals surface area contributed by atoms with Gasteiger partial charge >= 0.3 is 0 Å². The first-order valence-electron chi connectivity index (χ1n) is 6.90. The van der Waals surface area contributed by atoms with Crippen LogP contribution in [0.25, 0.3) is 0 Å². The fraction of sp³-hybridized carbons (Fsp3) is 0.643. The van der Waals surface area contributed by atoms with E-state index in [1.165, 1.54) is 6.42 Å². The highest BCUT2D eigenvalue weighted by Crippen LogP contribution is 2.27. The second-order valence-electron chi connectivity index (χ2n) is 5.30. The van der Waals surface area contributed by atoms with E-state index in [1.54, 1.807) is 0 Å². The van der Waals surface area contributed by atoms with Crippen LogP contribution in [0.4, 0.5) is 0 Å². The van der Waals surface area contributed by atoms with Crippen LogP contribution in [0.15, 0.2) is 16.7 Å². The summed E-state index contributed by atoms with van der Waals surface area (Å²) >= 11 is 3.38. The second kappa shape index (κ2) is 6.09. The predicted octanol–water partition coefficient (Wildman–Crippen LogP) is 2.70. The van der Waals surface area contributed by atoms with E-state index in [0.717, 1.165) is 36.7 Å². The van der Waals surface area contributed by atoms with Crippen molar-refractivity contribution < 1.29 is 9.90 Å². The number of aromatic nitrogens is 1. The minimum absolute atomic E-state index is 0.119. The lowest BCUT2D eigenvalue weighted by molar-refractivity contribution is 0.00517. The van der Waals surface area contributed by atoms with Gasteiger partial charge < -0.3 is 15.0 Å². The van der Waals surface area contributed by atoms with E-state index in [2.05, 4.69) is 21.2 Å². The Morgan fingerprint density at radius 3 is 2.79 bits per heavy atom. The third-order valence-corrected chi connectivity index (χ3v) is 4.23. The van der Waals surface area contributed by atoms with Gasteiger partial charge in [-0.2, -0.15) is 0 Å². The van der Waals surface area contributed by atoms with Crippen LogP contribution in [0.2, 0.25) is 0 Å². The SMILES string of the molecule is CCn1cc(Br)cc1C(=O)NCC1(O)CCCCC1. The number of aryl methyl sites for hydroxylation is 1. The van der Waals surface area contributed by atoms with Gasteiger partial charge in [-0.05, 0) is 41.8 Å². The fourth-order valence-electron chi connectivity index (χ4n) is 2.65. The normalized spacial score (nSPS) is 18.3. The Labute approximate surface area is 122 Å². The lowest BCUT2D eigenvalue weighted by Gasteiger charge is -2.32. The zero-order chi connectivity index (χ0) is 13.9. The van der Waals surface area contributed by atoms with Crippen LogP contribution in [-0.2, 0) is 6.54 Å². The smallest absolute Gasteiger partial charge is 0.268 e. The molecular weight excluding hydrogens is 308 g/mol. The molecular formula is C14H21BrN2O2. The molecule has 1 amide bonds. The molecule has 1 aromatic rings. The second-order valence-corrected chi connectivity index (χ2v) is 6.21. The molecule has 0 atom stereocenters. The number of hydrogen-bond donors (Lipinski definition) is 2. The van der Waals surface area contributed by atoms with E-state index in [0.29, 0.717) is 12.2 Å². The standard InChI is InChI=1S/C14H21BrN2O2/c1-2-17-9-11(15)8-12(17)13(18)16-10-14(19)6-4-3-5-7-14/h8-9,19H,2-7,10H2,1H3,(H,16,18). The maximum Gasteiger partial charge on any atom is 0.268 e. The van der Waals surface area contributed by atoms with Gasteiger partial charge in [-0.15, -0.1) is 0 Å². The summed E-state index contributed by atoms with van der Waals surface area (Å²) in [5.41, 5.74) is -0.0804. The average molecular weight is 329 g/mol. The number of rotatable bonds is 4. The molecule has 1 heterocycles. The third kappa shape index (κ3) is 3.60. The number of carbonyl (C=O) groups is 1. The van der Waals surface area contributed by atoms with E-state index >= 15 is 0 Å². The molecule has 0 bridgehead atoms. The first-order valence-corrected chi connectivity index (χ1v) is 7.70. The van der Waals surface area contributed by atoms with E-state index in [-0.39, 0.29) is 5.91 Å². The Kier molecular flexibility index (Phi) is 4.68. The van der Waals surface area contributed by atoms with Gasteiger partial charge in [0.15, 0.2) is 0 Å². The van der Waals surface area contributed by atoms with Crippen LogP contribution in [0.3, 0.4) is 0 Å². The molecule has 0 aromatic carbocycles. The summed E-state index contributed by atoms with van der Waals surface area (Å²) in [5.74, 6) is -0.119. The Balaban J connectivity index is 1.97. The van der Waals surface area contributed by atoms with Crippen molar-refractivity contribution in [3.05, 3.63) is 22.4 Å². The van der Waals surface area contributed by atoms with Crippen LogP contribution in [0.5, 0.6) is 0 Å². The number of nitrogens with zero attached hydrogens (tertiary/aromatic N) is 1. The van der Waals surface area contributed by atoms with Crippen LogP contribution < -0.4 is 5.32 Å². The van der Waals surface area contributed by atoms with Crippen LogP contribution in [-0.4, -0.2) is 27.7 Å². The van der Waals surface area contributed by atoms with Crippen molar-refractivity contribution in [2.45, 2.75) is 51.2 Å². The highest BCUT2D eigenvalue weighted by molar-refractivity contribution is 9.10. The molecule has 1 aliphatic carbocycles. The number of amides is 1. The van der Waals surface area contributed by atoms with E-state index in [1.807, 2.05) is 23.8 Å². The molecule has 19 heavy (non-hydrogen) atoms. The molecule has 1 aliphatic rings. The highest BCUT2D eigenvalue weighted by Gasteiger charge is 2.29. The van der Waals surface area contributed by atoms with Gasteiger partial charge in [0.05, 0.1) is 5.60 Å². The molecule has 0 radical (unpaired) electrons. The molecule has 0 spiro atoms. The molecule has 106 valence electrons. The summed E-state index contributed by atoms with van der Waals surface area (Å²) in [6.45, 7) is 3.09.